The van der Waals surface area contributed by atoms with Gasteiger partial charge in [0.05, 0.1) is 4.90 Å². The Labute approximate surface area is 114 Å². The van der Waals surface area contributed by atoms with Crippen LogP contribution in [0.1, 0.15) is 20.8 Å². The van der Waals surface area contributed by atoms with Crippen molar-refractivity contribution in [3.63, 3.8) is 0 Å². The Morgan fingerprint density at radius 2 is 1.84 bits per heavy atom. The summed E-state index contributed by atoms with van der Waals surface area (Å²) in [6, 6.07) is 6.36. The van der Waals surface area contributed by atoms with Crippen LogP contribution in [0.25, 0.3) is 0 Å². The van der Waals surface area contributed by atoms with E-state index in [1.807, 2.05) is 6.92 Å². The number of nitrogens with zero attached hydrogens (tertiary/aromatic N) is 1. The van der Waals surface area contributed by atoms with Crippen LogP contribution in [-0.4, -0.2) is 27.9 Å². The zero-order valence-electron chi connectivity index (χ0n) is 10.4. The molecule has 6 heteroatoms. The van der Waals surface area contributed by atoms with Gasteiger partial charge in [-0.2, -0.15) is 0 Å². The zero-order valence-corrected chi connectivity index (χ0v) is 11.2. The lowest BCUT2D eigenvalue weighted by atomic mass is 10.1. The summed E-state index contributed by atoms with van der Waals surface area (Å²) in [5, 5.41) is 0. The van der Waals surface area contributed by atoms with Crippen molar-refractivity contribution in [2.24, 2.45) is 5.92 Å². The summed E-state index contributed by atoms with van der Waals surface area (Å²) in [5.41, 5.74) is 0.749. The minimum Gasteiger partial charge on any atom is -0.312 e. The molecule has 0 saturated carbocycles. The zero-order chi connectivity index (χ0) is 13.3. The van der Waals surface area contributed by atoms with E-state index in [1.54, 1.807) is 17.0 Å². The average molecular weight is 284 g/mol. The van der Waals surface area contributed by atoms with Crippen molar-refractivity contribution in [3.8, 4) is 0 Å². The maximum atomic E-state index is 11.8. The van der Waals surface area contributed by atoms with Crippen LogP contribution in [0.15, 0.2) is 29.2 Å². The summed E-state index contributed by atoms with van der Waals surface area (Å²) in [5.74, 6) is 0.143. The Kier molecular flexibility index (Phi) is 4.70. The number of anilines is 1. The molecule has 2 rings (SSSR count). The molecule has 0 radical (unpaired) electrons. The van der Waals surface area contributed by atoms with Gasteiger partial charge >= 0.3 is 0 Å². The number of amides is 1. The smallest absolute Gasteiger partial charge is 0.240 e. The van der Waals surface area contributed by atoms with Crippen LogP contribution in [-0.2, 0) is 14.8 Å². The maximum absolute atomic E-state index is 11.8. The molecule has 1 fully saturated rings. The normalized spacial score (nSPS) is 19.4. The minimum absolute atomic E-state index is 0. The van der Waals surface area contributed by atoms with Crippen molar-refractivity contribution >= 4 is 21.6 Å². The number of carbonyl (C=O) groups is 1. The third-order valence-corrected chi connectivity index (χ3v) is 4.63. The minimum atomic E-state index is -3.42. The number of hydrogen-bond acceptors (Lipinski definition) is 3. The van der Waals surface area contributed by atoms with Gasteiger partial charge < -0.3 is 4.90 Å². The number of benzene rings is 1. The Morgan fingerprint density at radius 1 is 1.26 bits per heavy atom. The van der Waals surface area contributed by atoms with Crippen LogP contribution in [0, 0.1) is 5.92 Å². The first-order chi connectivity index (χ1) is 8.45. The molecule has 1 saturated heterocycles. The molecule has 0 bridgehead atoms. The molecule has 1 N–H and O–H groups in total. The molecule has 5 nitrogen and oxygen atoms in total. The molecule has 106 valence electrons. The first-order valence-corrected chi connectivity index (χ1v) is 7.29. The van der Waals surface area contributed by atoms with Gasteiger partial charge in [-0.3, -0.25) is 4.79 Å². The van der Waals surface area contributed by atoms with E-state index in [2.05, 4.69) is 4.72 Å². The van der Waals surface area contributed by atoms with Crippen molar-refractivity contribution in [2.75, 3.05) is 18.5 Å². The summed E-state index contributed by atoms with van der Waals surface area (Å²) in [4.78, 5) is 13.7. The quantitative estimate of drug-likeness (QED) is 0.917. The lowest BCUT2D eigenvalue weighted by molar-refractivity contribution is -0.119. The molecular weight excluding hydrogens is 264 g/mol. The summed E-state index contributed by atoms with van der Waals surface area (Å²) in [7, 11) is -2.05. The van der Waals surface area contributed by atoms with E-state index in [0.717, 1.165) is 12.1 Å². The lowest BCUT2D eigenvalue weighted by Crippen LogP contribution is -2.26. The molecule has 1 aliphatic rings. The second-order valence-corrected chi connectivity index (χ2v) is 6.27. The molecule has 0 aromatic heterocycles. The Morgan fingerprint density at radius 3 is 2.26 bits per heavy atom. The molecule has 1 aromatic carbocycles. The van der Waals surface area contributed by atoms with Crippen molar-refractivity contribution in [1.29, 1.82) is 0 Å². The SMILES string of the molecule is C.CNS(=O)(=O)c1ccc(N2CCC(C)C2=O)cc1. The van der Waals surface area contributed by atoms with Gasteiger partial charge in [-0.05, 0) is 37.7 Å². The number of carbonyl (C=O) groups excluding carboxylic acids is 1. The summed E-state index contributed by atoms with van der Waals surface area (Å²) in [6.07, 6.45) is 0.843. The fourth-order valence-electron chi connectivity index (χ4n) is 2.00. The predicted molar refractivity (Wildman–Crippen MR) is 75.6 cm³/mol. The van der Waals surface area contributed by atoms with Crippen molar-refractivity contribution in [3.05, 3.63) is 24.3 Å². The highest BCUT2D eigenvalue weighted by Gasteiger charge is 2.28. The molecule has 1 atom stereocenters. The fourth-order valence-corrected chi connectivity index (χ4v) is 2.73. The third-order valence-electron chi connectivity index (χ3n) is 3.20. The molecule has 1 heterocycles. The highest BCUT2D eigenvalue weighted by Crippen LogP contribution is 2.25. The van der Waals surface area contributed by atoms with Gasteiger partial charge in [0, 0.05) is 18.2 Å². The van der Waals surface area contributed by atoms with Crippen LogP contribution in [0.4, 0.5) is 5.69 Å². The van der Waals surface area contributed by atoms with Crippen LogP contribution in [0.3, 0.4) is 0 Å². The maximum Gasteiger partial charge on any atom is 0.240 e. The van der Waals surface area contributed by atoms with Gasteiger partial charge in [-0.25, -0.2) is 13.1 Å². The molecule has 1 amide bonds. The first kappa shape index (κ1) is 15.7. The molecule has 1 aromatic rings. The third kappa shape index (κ3) is 2.96. The largest absolute Gasteiger partial charge is 0.312 e. The second-order valence-electron chi connectivity index (χ2n) is 4.38. The van der Waals surface area contributed by atoms with E-state index in [4.69, 9.17) is 0 Å². The molecule has 19 heavy (non-hydrogen) atoms. The molecule has 1 aliphatic heterocycles. The summed E-state index contributed by atoms with van der Waals surface area (Å²) < 4.78 is 25.4. The van der Waals surface area contributed by atoms with Crippen LogP contribution in [0.5, 0.6) is 0 Å². The monoisotopic (exact) mass is 284 g/mol. The van der Waals surface area contributed by atoms with Gasteiger partial charge in [-0.1, -0.05) is 14.4 Å². The van der Waals surface area contributed by atoms with E-state index >= 15 is 0 Å². The topological polar surface area (TPSA) is 66.5 Å². The van der Waals surface area contributed by atoms with E-state index in [0.29, 0.717) is 6.54 Å². The highest BCUT2D eigenvalue weighted by molar-refractivity contribution is 7.89. The number of sulfonamides is 1. The van der Waals surface area contributed by atoms with Gasteiger partial charge in [0.15, 0.2) is 0 Å². The van der Waals surface area contributed by atoms with E-state index in [9.17, 15) is 13.2 Å². The Bertz CT molecular complexity index is 552. The van der Waals surface area contributed by atoms with E-state index in [1.165, 1.54) is 19.2 Å². The van der Waals surface area contributed by atoms with Gasteiger partial charge in [-0.15, -0.1) is 0 Å². The Hall–Kier alpha value is -1.40. The van der Waals surface area contributed by atoms with Gasteiger partial charge in [0.25, 0.3) is 0 Å². The number of hydrogen-bond donors (Lipinski definition) is 1. The van der Waals surface area contributed by atoms with Crippen LogP contribution < -0.4 is 9.62 Å². The van der Waals surface area contributed by atoms with Crippen LogP contribution >= 0.6 is 0 Å². The Balaban J connectivity index is 0.00000180. The predicted octanol–water partition coefficient (Wildman–Crippen LogP) is 1.60. The van der Waals surface area contributed by atoms with Crippen molar-refractivity contribution in [1.82, 2.24) is 4.72 Å². The van der Waals surface area contributed by atoms with Gasteiger partial charge in [0.1, 0.15) is 0 Å². The van der Waals surface area contributed by atoms with Crippen molar-refractivity contribution < 1.29 is 13.2 Å². The summed E-state index contributed by atoms with van der Waals surface area (Å²) >= 11 is 0. The van der Waals surface area contributed by atoms with Gasteiger partial charge in [0.2, 0.25) is 15.9 Å². The molecular formula is C13H20N2O3S. The number of rotatable bonds is 3. The molecule has 0 aliphatic carbocycles. The average Bonchev–Trinajstić information content (AvgIpc) is 2.70. The van der Waals surface area contributed by atoms with E-state index in [-0.39, 0.29) is 24.1 Å². The standard InChI is InChI=1S/C12H16N2O3S.CH4/c1-9-7-8-14(12(9)15)10-3-5-11(6-4-10)18(16,17)13-2;/h3-6,9,13H,7-8H2,1-2H3;1H4. The first-order valence-electron chi connectivity index (χ1n) is 5.80. The van der Waals surface area contributed by atoms with Crippen molar-refractivity contribution in [2.45, 2.75) is 25.7 Å². The van der Waals surface area contributed by atoms with Crippen LogP contribution in [0.2, 0.25) is 0 Å². The molecule has 0 spiro atoms. The highest BCUT2D eigenvalue weighted by atomic mass is 32.2. The number of nitrogens with one attached hydrogen (secondary N) is 1. The molecule has 1 unspecified atom stereocenters. The second kappa shape index (κ2) is 5.71. The van der Waals surface area contributed by atoms with E-state index < -0.39 is 10.0 Å². The summed E-state index contributed by atoms with van der Waals surface area (Å²) in [6.45, 7) is 2.60. The lowest BCUT2D eigenvalue weighted by Gasteiger charge is -2.16. The fraction of sp³-hybridized carbons (Fsp3) is 0.462.